The quantitative estimate of drug-likeness (QED) is 0.362. The van der Waals surface area contributed by atoms with Crippen molar-refractivity contribution in [3.63, 3.8) is 0 Å². The van der Waals surface area contributed by atoms with Crippen LogP contribution in [0, 0.1) is 5.92 Å². The van der Waals surface area contributed by atoms with Gasteiger partial charge in [-0.3, -0.25) is 4.79 Å². The van der Waals surface area contributed by atoms with Crippen molar-refractivity contribution in [2.75, 3.05) is 6.54 Å². The number of hydrogen-bond acceptors (Lipinski definition) is 9. The first-order valence-electron chi connectivity index (χ1n) is 7.49. The fraction of sp³-hybridized carbons (Fsp3) is 0.571. The van der Waals surface area contributed by atoms with Gasteiger partial charge in [0.05, 0.1) is 18.4 Å². The lowest BCUT2D eigenvalue weighted by atomic mass is 10.0. The second-order valence-corrected chi connectivity index (χ2v) is 5.35. The minimum absolute atomic E-state index is 0.00134. The van der Waals surface area contributed by atoms with Gasteiger partial charge in [-0.05, 0) is 5.92 Å². The number of rotatable bonds is 8. The molecule has 1 aromatic heterocycles. The highest BCUT2D eigenvalue weighted by atomic mass is 16.7. The third-order valence-electron chi connectivity index (χ3n) is 3.45. The largest absolute Gasteiger partial charge is 0.391 e. The zero-order chi connectivity index (χ0) is 18.3. The molecule has 0 radical (unpaired) electrons. The van der Waals surface area contributed by atoms with Crippen LogP contribution in [-0.4, -0.2) is 46.3 Å². The predicted molar refractivity (Wildman–Crippen MR) is 83.1 cm³/mol. The normalized spacial score (nSPS) is 14.5. The van der Waals surface area contributed by atoms with E-state index >= 15 is 0 Å². The van der Waals surface area contributed by atoms with Gasteiger partial charge in [0, 0.05) is 6.42 Å². The van der Waals surface area contributed by atoms with Crippen molar-refractivity contribution in [2.45, 2.75) is 38.8 Å². The number of carbonyl (C=O) groups is 3. The average Bonchev–Trinajstić information content (AvgIpc) is 2.99. The molecule has 0 aliphatic rings. The molecule has 6 N–H and O–H groups in total. The number of imidazole rings is 1. The molecule has 1 aromatic rings. The third-order valence-corrected chi connectivity index (χ3v) is 3.45. The Kier molecular flexibility index (Phi) is 7.49. The van der Waals surface area contributed by atoms with E-state index in [0.717, 1.165) is 11.2 Å². The monoisotopic (exact) mass is 341 g/mol. The third kappa shape index (κ3) is 5.72. The van der Waals surface area contributed by atoms with Crippen LogP contribution in [0.25, 0.3) is 0 Å². The first kappa shape index (κ1) is 19.7. The Balaban J connectivity index is 2.58. The van der Waals surface area contributed by atoms with Crippen molar-refractivity contribution < 1.29 is 24.0 Å². The molecule has 1 rings (SSSR count). The first-order valence-corrected chi connectivity index (χ1v) is 7.49. The van der Waals surface area contributed by atoms with Gasteiger partial charge in [0.15, 0.2) is 0 Å². The van der Waals surface area contributed by atoms with E-state index in [0.29, 0.717) is 5.69 Å². The molecule has 0 aliphatic carbocycles. The maximum atomic E-state index is 11.9. The summed E-state index contributed by atoms with van der Waals surface area (Å²) in [7, 11) is 0. The van der Waals surface area contributed by atoms with Gasteiger partial charge in [0.25, 0.3) is 0 Å². The highest BCUT2D eigenvalue weighted by molar-refractivity contribution is 5.89. The Hall–Kier alpha value is -2.30. The zero-order valence-corrected chi connectivity index (χ0v) is 13.7. The number of ether oxygens (including phenoxy) is 1. The lowest BCUT2D eigenvalue weighted by Gasteiger charge is -2.16. The van der Waals surface area contributed by atoms with Crippen LogP contribution in [0.4, 0.5) is 0 Å². The number of nitrogens with two attached hydrogens (primary N) is 3. The number of esters is 2. The fourth-order valence-corrected chi connectivity index (χ4v) is 1.69. The van der Waals surface area contributed by atoms with Crippen LogP contribution in [-0.2, 0) is 25.5 Å². The molecule has 0 amide bonds. The minimum Gasteiger partial charge on any atom is -0.391 e. The molecule has 0 unspecified atom stereocenters. The lowest BCUT2D eigenvalue weighted by Crippen LogP contribution is -2.41. The molecule has 10 heteroatoms. The average molecular weight is 341 g/mol. The molecular weight excluding hydrogens is 318 g/mol. The fourth-order valence-electron chi connectivity index (χ4n) is 1.69. The van der Waals surface area contributed by atoms with Crippen molar-refractivity contribution in [1.82, 2.24) is 9.71 Å². The number of carbonyl (C=O) groups excluding carboxylic acids is 3. The molecule has 134 valence electrons. The Labute approximate surface area is 139 Å². The van der Waals surface area contributed by atoms with E-state index in [4.69, 9.17) is 22.0 Å². The summed E-state index contributed by atoms with van der Waals surface area (Å²) in [5.74, 6) is -2.39. The van der Waals surface area contributed by atoms with Crippen LogP contribution in [0.2, 0.25) is 0 Å². The van der Waals surface area contributed by atoms with Gasteiger partial charge < -0.3 is 26.8 Å². The van der Waals surface area contributed by atoms with Crippen LogP contribution in [0.5, 0.6) is 0 Å². The van der Waals surface area contributed by atoms with Crippen LogP contribution in [0.15, 0.2) is 12.5 Å². The van der Waals surface area contributed by atoms with Gasteiger partial charge in [-0.2, -0.15) is 4.73 Å². The van der Waals surface area contributed by atoms with Gasteiger partial charge in [-0.15, -0.1) is 0 Å². The maximum Gasteiger partial charge on any atom is 0.349 e. The van der Waals surface area contributed by atoms with Crippen molar-refractivity contribution >= 4 is 17.9 Å². The van der Waals surface area contributed by atoms with E-state index in [2.05, 4.69) is 9.72 Å². The van der Waals surface area contributed by atoms with Gasteiger partial charge >= 0.3 is 17.9 Å². The van der Waals surface area contributed by atoms with Crippen LogP contribution < -0.4 is 22.0 Å². The topological polar surface area (TPSA) is 166 Å². The molecule has 0 spiro atoms. The Morgan fingerprint density at radius 1 is 1.29 bits per heavy atom. The molecule has 0 bridgehead atoms. The van der Waals surface area contributed by atoms with E-state index in [9.17, 15) is 14.4 Å². The predicted octanol–water partition coefficient (Wildman–Crippen LogP) is -1.89. The molecule has 0 fully saturated rings. The van der Waals surface area contributed by atoms with E-state index < -0.39 is 36.5 Å². The molecular formula is C14H23N5O5. The number of aromatic nitrogens is 2. The molecule has 0 aliphatic heterocycles. The van der Waals surface area contributed by atoms with E-state index in [-0.39, 0.29) is 12.3 Å². The second kappa shape index (κ2) is 9.11. The standard InChI is InChI=1S/C14H23N5O5/c1-3-8(2)12(17)14(22)24-19-6-9(18-7-19)4-10(16)13(21)23-11(20)5-15/h6-8,10,12H,3-5,15-17H2,1-2H3/t8-,10-,12-/m0/s1. The maximum absolute atomic E-state index is 11.9. The van der Waals surface area contributed by atoms with Gasteiger partial charge in [-0.25, -0.2) is 14.6 Å². The summed E-state index contributed by atoms with van der Waals surface area (Å²) in [5, 5.41) is 0. The molecule has 1 heterocycles. The first-order chi connectivity index (χ1) is 11.3. The molecule has 3 atom stereocenters. The van der Waals surface area contributed by atoms with Crippen LogP contribution in [0.1, 0.15) is 26.0 Å². The van der Waals surface area contributed by atoms with Crippen molar-refractivity contribution in [3.05, 3.63) is 18.2 Å². The summed E-state index contributed by atoms with van der Waals surface area (Å²) in [6.45, 7) is 3.35. The summed E-state index contributed by atoms with van der Waals surface area (Å²) in [6, 6.07) is -1.85. The number of hydrogen-bond donors (Lipinski definition) is 3. The van der Waals surface area contributed by atoms with Gasteiger partial charge in [-0.1, -0.05) is 20.3 Å². The summed E-state index contributed by atoms with van der Waals surface area (Å²) in [4.78, 5) is 43.4. The summed E-state index contributed by atoms with van der Waals surface area (Å²) >= 11 is 0. The SMILES string of the molecule is CC[C@H](C)[C@H](N)C(=O)On1cnc(C[C@H](N)C(=O)OC(=O)CN)c1. The van der Waals surface area contributed by atoms with E-state index in [1.54, 1.807) is 0 Å². The van der Waals surface area contributed by atoms with Crippen LogP contribution in [0.3, 0.4) is 0 Å². The van der Waals surface area contributed by atoms with Gasteiger partial charge in [0.2, 0.25) is 0 Å². The van der Waals surface area contributed by atoms with Gasteiger partial charge in [0.1, 0.15) is 18.4 Å². The Morgan fingerprint density at radius 3 is 2.54 bits per heavy atom. The highest BCUT2D eigenvalue weighted by Crippen LogP contribution is 2.06. The zero-order valence-electron chi connectivity index (χ0n) is 13.7. The summed E-state index contributed by atoms with van der Waals surface area (Å²) in [5.41, 5.74) is 16.8. The number of nitrogens with zero attached hydrogens (tertiary/aromatic N) is 2. The van der Waals surface area contributed by atoms with E-state index in [1.807, 2.05) is 13.8 Å². The molecule has 24 heavy (non-hydrogen) atoms. The molecule has 0 aromatic carbocycles. The Bertz CT molecular complexity index is 588. The summed E-state index contributed by atoms with van der Waals surface area (Å²) in [6.07, 6.45) is 3.38. The lowest BCUT2D eigenvalue weighted by molar-refractivity contribution is -0.159. The van der Waals surface area contributed by atoms with E-state index in [1.165, 1.54) is 12.5 Å². The summed E-state index contributed by atoms with van der Waals surface area (Å²) < 4.78 is 5.50. The molecule has 0 saturated carbocycles. The van der Waals surface area contributed by atoms with Crippen LogP contribution >= 0.6 is 0 Å². The van der Waals surface area contributed by atoms with Crippen molar-refractivity contribution in [1.29, 1.82) is 0 Å². The van der Waals surface area contributed by atoms with Crippen molar-refractivity contribution in [2.24, 2.45) is 23.1 Å². The highest BCUT2D eigenvalue weighted by Gasteiger charge is 2.23. The molecule has 0 saturated heterocycles. The smallest absolute Gasteiger partial charge is 0.349 e. The second-order valence-electron chi connectivity index (χ2n) is 5.35. The molecule has 10 nitrogen and oxygen atoms in total. The van der Waals surface area contributed by atoms with Crippen molar-refractivity contribution in [3.8, 4) is 0 Å². The Morgan fingerprint density at radius 2 is 1.96 bits per heavy atom. The minimum atomic E-state index is -1.10.